The van der Waals surface area contributed by atoms with Crippen LogP contribution in [0.25, 0.3) is 0 Å². The SMILES string of the molecule is O=C1CCC[C@@H]2CC(O)C[C@@H](c3ccc(F)cc3)N12. The maximum atomic E-state index is 13.0. The van der Waals surface area contributed by atoms with Crippen LogP contribution in [0.15, 0.2) is 24.3 Å². The Morgan fingerprint density at radius 1 is 1.21 bits per heavy atom. The standard InChI is InChI=1S/C15H18FNO2/c16-11-6-4-10(5-7-11)14-9-13(18)8-12-2-1-3-15(19)17(12)14/h4-7,12-14,18H,1-3,8-9H2/t12-,13?,14+/m1/s1. The molecule has 0 spiro atoms. The van der Waals surface area contributed by atoms with Crippen molar-refractivity contribution in [3.8, 4) is 0 Å². The van der Waals surface area contributed by atoms with Crippen LogP contribution in [0.4, 0.5) is 4.39 Å². The Bertz CT molecular complexity index is 474. The number of nitrogens with zero attached hydrogens (tertiary/aromatic N) is 1. The predicted octanol–water partition coefficient (Wildman–Crippen LogP) is 2.40. The molecule has 1 aromatic carbocycles. The first kappa shape index (κ1) is 12.6. The molecule has 102 valence electrons. The summed E-state index contributed by atoms with van der Waals surface area (Å²) in [6.45, 7) is 0. The van der Waals surface area contributed by atoms with Gasteiger partial charge in [-0.15, -0.1) is 0 Å². The molecule has 3 nitrogen and oxygen atoms in total. The minimum absolute atomic E-state index is 0.109. The van der Waals surface area contributed by atoms with Gasteiger partial charge in [-0.1, -0.05) is 12.1 Å². The number of benzene rings is 1. The van der Waals surface area contributed by atoms with Crippen molar-refractivity contribution in [2.45, 2.75) is 50.3 Å². The fraction of sp³-hybridized carbons (Fsp3) is 0.533. The molecule has 0 aromatic heterocycles. The zero-order valence-electron chi connectivity index (χ0n) is 10.8. The molecule has 2 fully saturated rings. The minimum Gasteiger partial charge on any atom is -0.393 e. The van der Waals surface area contributed by atoms with Gasteiger partial charge in [0.05, 0.1) is 12.1 Å². The Balaban J connectivity index is 1.92. The largest absolute Gasteiger partial charge is 0.393 e. The first-order chi connectivity index (χ1) is 9.15. The molecule has 1 amide bonds. The average Bonchev–Trinajstić information content (AvgIpc) is 2.38. The Morgan fingerprint density at radius 3 is 2.68 bits per heavy atom. The number of rotatable bonds is 1. The Hall–Kier alpha value is -1.42. The highest BCUT2D eigenvalue weighted by atomic mass is 19.1. The number of fused-ring (bicyclic) bond motifs is 1. The zero-order valence-corrected chi connectivity index (χ0v) is 10.8. The van der Waals surface area contributed by atoms with Gasteiger partial charge in [0.15, 0.2) is 0 Å². The van der Waals surface area contributed by atoms with Crippen molar-refractivity contribution >= 4 is 5.91 Å². The van der Waals surface area contributed by atoms with Gasteiger partial charge < -0.3 is 10.0 Å². The number of carbonyl (C=O) groups excluding carboxylic acids is 1. The van der Waals surface area contributed by atoms with Gasteiger partial charge in [-0.2, -0.15) is 0 Å². The zero-order chi connectivity index (χ0) is 13.4. The second kappa shape index (κ2) is 4.93. The average molecular weight is 263 g/mol. The molecule has 0 saturated carbocycles. The van der Waals surface area contributed by atoms with Crippen molar-refractivity contribution in [3.05, 3.63) is 35.6 Å². The summed E-state index contributed by atoms with van der Waals surface area (Å²) < 4.78 is 13.0. The van der Waals surface area contributed by atoms with E-state index in [1.54, 1.807) is 12.1 Å². The second-order valence-corrected chi connectivity index (χ2v) is 5.54. The molecule has 2 aliphatic rings. The lowest BCUT2D eigenvalue weighted by Gasteiger charge is -2.46. The smallest absolute Gasteiger partial charge is 0.223 e. The van der Waals surface area contributed by atoms with E-state index in [4.69, 9.17) is 0 Å². The molecule has 3 atom stereocenters. The van der Waals surface area contributed by atoms with Crippen LogP contribution in [-0.2, 0) is 4.79 Å². The van der Waals surface area contributed by atoms with Crippen LogP contribution in [0.2, 0.25) is 0 Å². The summed E-state index contributed by atoms with van der Waals surface area (Å²) in [4.78, 5) is 14.1. The molecule has 2 heterocycles. The van der Waals surface area contributed by atoms with Gasteiger partial charge in [0.25, 0.3) is 0 Å². The van der Waals surface area contributed by atoms with Crippen LogP contribution >= 0.6 is 0 Å². The summed E-state index contributed by atoms with van der Waals surface area (Å²) >= 11 is 0. The van der Waals surface area contributed by atoms with Gasteiger partial charge in [-0.05, 0) is 43.4 Å². The molecule has 0 radical (unpaired) electrons. The molecule has 4 heteroatoms. The number of hydrogen-bond acceptors (Lipinski definition) is 2. The number of aliphatic hydroxyl groups excluding tert-OH is 1. The topological polar surface area (TPSA) is 40.5 Å². The van der Waals surface area contributed by atoms with Crippen molar-refractivity contribution in [2.24, 2.45) is 0 Å². The highest BCUT2D eigenvalue weighted by molar-refractivity contribution is 5.78. The highest BCUT2D eigenvalue weighted by Gasteiger charge is 2.40. The van der Waals surface area contributed by atoms with Crippen LogP contribution in [0.1, 0.15) is 43.7 Å². The fourth-order valence-corrected chi connectivity index (χ4v) is 3.38. The third-order valence-electron chi connectivity index (χ3n) is 4.24. The third kappa shape index (κ3) is 2.37. The van der Waals surface area contributed by atoms with Crippen molar-refractivity contribution < 1.29 is 14.3 Å². The van der Waals surface area contributed by atoms with Gasteiger partial charge in [-0.25, -0.2) is 4.39 Å². The van der Waals surface area contributed by atoms with Crippen molar-refractivity contribution in [3.63, 3.8) is 0 Å². The van der Waals surface area contributed by atoms with Crippen molar-refractivity contribution in [1.29, 1.82) is 0 Å². The lowest BCUT2D eigenvalue weighted by atomic mass is 9.84. The summed E-state index contributed by atoms with van der Waals surface area (Å²) in [5.74, 6) is -0.112. The van der Waals surface area contributed by atoms with Crippen LogP contribution < -0.4 is 0 Å². The Kier molecular flexibility index (Phi) is 3.27. The summed E-state index contributed by atoms with van der Waals surface area (Å²) in [7, 11) is 0. The van der Waals surface area contributed by atoms with Gasteiger partial charge in [0, 0.05) is 12.5 Å². The second-order valence-electron chi connectivity index (χ2n) is 5.54. The molecule has 1 N–H and O–H groups in total. The maximum Gasteiger partial charge on any atom is 0.223 e. The molecule has 19 heavy (non-hydrogen) atoms. The fourth-order valence-electron chi connectivity index (χ4n) is 3.38. The Morgan fingerprint density at radius 2 is 1.95 bits per heavy atom. The van der Waals surface area contributed by atoms with Gasteiger partial charge in [0.2, 0.25) is 5.91 Å². The first-order valence-corrected chi connectivity index (χ1v) is 6.90. The number of piperidine rings is 2. The van der Waals surface area contributed by atoms with E-state index in [2.05, 4.69) is 0 Å². The molecule has 0 aliphatic carbocycles. The van der Waals surface area contributed by atoms with E-state index in [1.165, 1.54) is 12.1 Å². The molecular weight excluding hydrogens is 245 g/mol. The summed E-state index contributed by atoms with van der Waals surface area (Å²) in [6.07, 6.45) is 3.30. The van der Waals surface area contributed by atoms with Crippen molar-refractivity contribution in [1.82, 2.24) is 4.90 Å². The molecule has 0 bridgehead atoms. The minimum atomic E-state index is -0.373. The molecule has 1 aromatic rings. The molecule has 2 saturated heterocycles. The number of hydrogen-bond donors (Lipinski definition) is 1. The molecular formula is C15H18FNO2. The quantitative estimate of drug-likeness (QED) is 0.845. The lowest BCUT2D eigenvalue weighted by molar-refractivity contribution is -0.145. The van der Waals surface area contributed by atoms with Gasteiger partial charge >= 0.3 is 0 Å². The van der Waals surface area contributed by atoms with Crippen LogP contribution in [0.5, 0.6) is 0 Å². The van der Waals surface area contributed by atoms with E-state index in [-0.39, 0.29) is 29.9 Å². The number of carbonyl (C=O) groups is 1. The third-order valence-corrected chi connectivity index (χ3v) is 4.24. The van der Waals surface area contributed by atoms with Gasteiger partial charge in [0.1, 0.15) is 5.82 Å². The summed E-state index contributed by atoms with van der Waals surface area (Å²) in [5, 5.41) is 10.0. The van der Waals surface area contributed by atoms with E-state index in [9.17, 15) is 14.3 Å². The normalized spacial score (nSPS) is 31.2. The number of amides is 1. The summed E-state index contributed by atoms with van der Waals surface area (Å²) in [6, 6.07) is 6.30. The lowest BCUT2D eigenvalue weighted by Crippen LogP contribution is -2.51. The monoisotopic (exact) mass is 263 g/mol. The highest BCUT2D eigenvalue weighted by Crippen LogP contribution is 2.39. The molecule has 2 aliphatic heterocycles. The Labute approximate surface area is 112 Å². The molecule has 3 rings (SSSR count). The van der Waals surface area contributed by atoms with E-state index in [0.29, 0.717) is 19.3 Å². The van der Waals surface area contributed by atoms with Gasteiger partial charge in [-0.3, -0.25) is 4.79 Å². The van der Waals surface area contributed by atoms with E-state index < -0.39 is 0 Å². The van der Waals surface area contributed by atoms with Crippen LogP contribution in [0.3, 0.4) is 0 Å². The number of aliphatic hydroxyl groups is 1. The van der Waals surface area contributed by atoms with Crippen LogP contribution in [0, 0.1) is 5.82 Å². The van der Waals surface area contributed by atoms with E-state index in [0.717, 1.165) is 18.4 Å². The van der Waals surface area contributed by atoms with E-state index >= 15 is 0 Å². The first-order valence-electron chi connectivity index (χ1n) is 6.90. The number of halogens is 1. The van der Waals surface area contributed by atoms with Crippen LogP contribution in [-0.4, -0.2) is 28.1 Å². The maximum absolute atomic E-state index is 13.0. The van der Waals surface area contributed by atoms with Crippen molar-refractivity contribution in [2.75, 3.05) is 0 Å². The predicted molar refractivity (Wildman–Crippen MR) is 68.9 cm³/mol. The van der Waals surface area contributed by atoms with E-state index in [1.807, 2.05) is 4.90 Å². The molecule has 1 unspecified atom stereocenters. The summed E-state index contributed by atoms with van der Waals surface area (Å²) in [5.41, 5.74) is 0.917.